The number of nitrogens with two attached hydrogens (primary N) is 1. The van der Waals surface area contributed by atoms with E-state index in [1.165, 1.54) is 0 Å². The molecule has 4 rings (SSSR count). The van der Waals surface area contributed by atoms with Gasteiger partial charge in [-0.1, -0.05) is 17.8 Å². The number of pyridine rings is 1. The van der Waals surface area contributed by atoms with Crippen molar-refractivity contribution in [1.82, 2.24) is 4.98 Å². The fourth-order valence-corrected chi connectivity index (χ4v) is 3.98. The van der Waals surface area contributed by atoms with Crippen LogP contribution in [0.1, 0.15) is 22.5 Å². The normalized spacial score (nSPS) is 21.8. The van der Waals surface area contributed by atoms with Gasteiger partial charge in [-0.05, 0) is 30.3 Å². The number of carbonyl (C=O) groups excluding carboxylic acids is 1. The molecule has 2 aliphatic rings. The van der Waals surface area contributed by atoms with Gasteiger partial charge in [0.2, 0.25) is 0 Å². The van der Waals surface area contributed by atoms with Crippen molar-refractivity contribution in [2.75, 3.05) is 17.7 Å². The van der Waals surface area contributed by atoms with E-state index in [2.05, 4.69) is 15.3 Å². The van der Waals surface area contributed by atoms with Crippen LogP contribution in [-0.2, 0) is 5.54 Å². The van der Waals surface area contributed by atoms with E-state index >= 15 is 0 Å². The first kappa shape index (κ1) is 15.0. The van der Waals surface area contributed by atoms with Crippen LogP contribution in [0.25, 0.3) is 0 Å². The van der Waals surface area contributed by atoms with E-state index in [-0.39, 0.29) is 11.4 Å². The molecule has 2 aromatic rings. The van der Waals surface area contributed by atoms with Crippen molar-refractivity contribution < 1.29 is 9.53 Å². The van der Waals surface area contributed by atoms with Crippen molar-refractivity contribution in [3.63, 3.8) is 0 Å². The zero-order valence-corrected chi connectivity index (χ0v) is 13.7. The lowest BCUT2D eigenvalue weighted by atomic mass is 9.86. The Balaban J connectivity index is 1.65. The van der Waals surface area contributed by atoms with Gasteiger partial charge in [-0.25, -0.2) is 0 Å². The molecule has 6 nitrogen and oxygen atoms in total. The van der Waals surface area contributed by atoms with Crippen molar-refractivity contribution >= 4 is 28.5 Å². The highest BCUT2D eigenvalue weighted by Gasteiger charge is 2.41. The molecular weight excluding hydrogens is 324 g/mol. The van der Waals surface area contributed by atoms with Crippen LogP contribution in [0, 0.1) is 0 Å². The highest BCUT2D eigenvalue weighted by Crippen LogP contribution is 2.46. The molecule has 1 aromatic heterocycles. The van der Waals surface area contributed by atoms with E-state index in [4.69, 9.17) is 10.5 Å². The summed E-state index contributed by atoms with van der Waals surface area (Å²) < 4.78 is 5.75. The van der Waals surface area contributed by atoms with E-state index in [0.717, 1.165) is 23.5 Å². The number of amides is 1. The number of nitrogens with one attached hydrogen (secondary N) is 1. The number of ether oxygens (including phenoxy) is 1. The van der Waals surface area contributed by atoms with Gasteiger partial charge in [-0.3, -0.25) is 14.8 Å². The standard InChI is InChI=1S/C17H16N4O2S/c18-16-21-17(10-24-16)6-8-23-14-5-4-11(9-12(14)17)20-15(22)13-3-1-2-7-19-13/h1-5,7,9H,6,8,10H2,(H2,18,21)(H,20,22). The summed E-state index contributed by atoms with van der Waals surface area (Å²) in [6.45, 7) is 0.615. The first-order chi connectivity index (χ1) is 11.7. The summed E-state index contributed by atoms with van der Waals surface area (Å²) in [7, 11) is 0. The Morgan fingerprint density at radius 1 is 1.33 bits per heavy atom. The van der Waals surface area contributed by atoms with E-state index in [1.807, 2.05) is 18.2 Å². The van der Waals surface area contributed by atoms with E-state index in [1.54, 1.807) is 36.2 Å². The number of nitrogens with zero attached hydrogens (tertiary/aromatic N) is 2. The zero-order chi connectivity index (χ0) is 16.6. The van der Waals surface area contributed by atoms with Gasteiger partial charge in [0.15, 0.2) is 5.17 Å². The molecular formula is C17H16N4O2S. The summed E-state index contributed by atoms with van der Waals surface area (Å²) in [5, 5.41) is 3.48. The summed E-state index contributed by atoms with van der Waals surface area (Å²) in [6.07, 6.45) is 2.38. The largest absolute Gasteiger partial charge is 0.493 e. The number of benzene rings is 1. The number of amidine groups is 1. The van der Waals surface area contributed by atoms with Crippen LogP contribution in [0.5, 0.6) is 5.75 Å². The highest BCUT2D eigenvalue weighted by molar-refractivity contribution is 8.14. The van der Waals surface area contributed by atoms with Crippen molar-refractivity contribution in [3.8, 4) is 5.75 Å². The van der Waals surface area contributed by atoms with Crippen LogP contribution in [0.4, 0.5) is 5.69 Å². The maximum Gasteiger partial charge on any atom is 0.274 e. The molecule has 122 valence electrons. The van der Waals surface area contributed by atoms with E-state index in [0.29, 0.717) is 23.2 Å². The van der Waals surface area contributed by atoms with Crippen LogP contribution < -0.4 is 15.8 Å². The van der Waals surface area contributed by atoms with Crippen LogP contribution >= 0.6 is 11.8 Å². The van der Waals surface area contributed by atoms with Crippen molar-refractivity contribution in [2.24, 2.45) is 10.7 Å². The molecule has 1 atom stereocenters. The molecule has 1 amide bonds. The van der Waals surface area contributed by atoms with Gasteiger partial charge in [-0.15, -0.1) is 0 Å². The summed E-state index contributed by atoms with van der Waals surface area (Å²) in [6, 6.07) is 10.9. The Morgan fingerprint density at radius 2 is 2.25 bits per heavy atom. The number of anilines is 1. The fourth-order valence-electron chi connectivity index (χ4n) is 2.99. The molecule has 0 bridgehead atoms. The van der Waals surface area contributed by atoms with E-state index < -0.39 is 0 Å². The Morgan fingerprint density at radius 3 is 3.00 bits per heavy atom. The number of aliphatic imine (C=N–C) groups is 1. The maximum absolute atomic E-state index is 12.3. The predicted octanol–water partition coefficient (Wildman–Crippen LogP) is 2.37. The van der Waals surface area contributed by atoms with Gasteiger partial charge in [0.25, 0.3) is 5.91 Å². The molecule has 1 spiro atoms. The second-order valence-electron chi connectivity index (χ2n) is 5.75. The Kier molecular flexibility index (Phi) is 3.65. The van der Waals surface area contributed by atoms with Crippen molar-refractivity contribution in [2.45, 2.75) is 12.0 Å². The van der Waals surface area contributed by atoms with Gasteiger partial charge in [0.1, 0.15) is 17.0 Å². The molecule has 7 heteroatoms. The summed E-state index contributed by atoms with van der Waals surface area (Å²) in [5.74, 6) is 1.36. The lowest BCUT2D eigenvalue weighted by Gasteiger charge is -2.32. The number of hydrogen-bond donors (Lipinski definition) is 2. The summed E-state index contributed by atoms with van der Waals surface area (Å²) >= 11 is 1.56. The number of thioether (sulfide) groups is 1. The molecule has 1 aromatic carbocycles. The average molecular weight is 340 g/mol. The van der Waals surface area contributed by atoms with Crippen LogP contribution in [0.3, 0.4) is 0 Å². The molecule has 0 aliphatic carbocycles. The molecule has 3 heterocycles. The summed E-state index contributed by atoms with van der Waals surface area (Å²) in [5.41, 5.74) is 7.58. The Hall–Kier alpha value is -2.54. The molecule has 0 saturated carbocycles. The molecule has 2 aliphatic heterocycles. The zero-order valence-electron chi connectivity index (χ0n) is 12.9. The van der Waals surface area contributed by atoms with Gasteiger partial charge < -0.3 is 15.8 Å². The molecule has 1 unspecified atom stereocenters. The first-order valence-electron chi connectivity index (χ1n) is 7.64. The molecule has 24 heavy (non-hydrogen) atoms. The van der Waals surface area contributed by atoms with E-state index in [9.17, 15) is 4.79 Å². The number of aromatic nitrogens is 1. The molecule has 3 N–H and O–H groups in total. The monoisotopic (exact) mass is 340 g/mol. The van der Waals surface area contributed by atoms with Gasteiger partial charge in [0, 0.05) is 29.6 Å². The molecule has 0 fully saturated rings. The lowest BCUT2D eigenvalue weighted by molar-refractivity contribution is 0.102. The number of rotatable bonds is 2. The topological polar surface area (TPSA) is 89.6 Å². The molecule has 0 saturated heterocycles. The highest BCUT2D eigenvalue weighted by atomic mass is 32.2. The third-order valence-corrected chi connectivity index (χ3v) is 5.20. The minimum atomic E-state index is -0.353. The van der Waals surface area contributed by atoms with Crippen LogP contribution in [0.2, 0.25) is 0 Å². The second-order valence-corrected chi connectivity index (χ2v) is 6.74. The minimum absolute atomic E-state index is 0.245. The van der Waals surface area contributed by atoms with Crippen LogP contribution in [0.15, 0.2) is 47.6 Å². The lowest BCUT2D eigenvalue weighted by Crippen LogP contribution is -2.32. The van der Waals surface area contributed by atoms with Gasteiger partial charge in [-0.2, -0.15) is 0 Å². The maximum atomic E-state index is 12.3. The van der Waals surface area contributed by atoms with Gasteiger partial charge in [0.05, 0.1) is 6.61 Å². The number of hydrogen-bond acceptors (Lipinski definition) is 6. The third kappa shape index (κ3) is 2.60. The third-order valence-electron chi connectivity index (χ3n) is 4.19. The fraction of sp³-hybridized carbons (Fsp3) is 0.235. The minimum Gasteiger partial charge on any atom is -0.493 e. The second kappa shape index (κ2) is 5.83. The predicted molar refractivity (Wildman–Crippen MR) is 94.5 cm³/mol. The SMILES string of the molecule is NC1=NC2(CCOc3ccc(NC(=O)c4ccccn4)cc32)CS1. The Bertz CT molecular complexity index is 825. The van der Waals surface area contributed by atoms with Gasteiger partial charge >= 0.3 is 0 Å². The van der Waals surface area contributed by atoms with Crippen molar-refractivity contribution in [3.05, 3.63) is 53.9 Å². The number of fused-ring (bicyclic) bond motifs is 2. The van der Waals surface area contributed by atoms with Crippen LogP contribution in [-0.4, -0.2) is 28.4 Å². The summed E-state index contributed by atoms with van der Waals surface area (Å²) in [4.78, 5) is 21.0. The average Bonchev–Trinajstić information content (AvgIpc) is 2.98. The Labute approximate surface area is 143 Å². The van der Waals surface area contributed by atoms with Crippen molar-refractivity contribution in [1.29, 1.82) is 0 Å². The quantitative estimate of drug-likeness (QED) is 0.876. The molecule has 0 radical (unpaired) electrons. The smallest absolute Gasteiger partial charge is 0.274 e. The first-order valence-corrected chi connectivity index (χ1v) is 8.63. The number of carbonyl (C=O) groups is 1.